The van der Waals surface area contributed by atoms with Gasteiger partial charge in [-0.1, -0.05) is 31.0 Å². The van der Waals surface area contributed by atoms with Crippen LogP contribution in [0, 0.1) is 0 Å². The maximum absolute atomic E-state index is 10.2. The summed E-state index contributed by atoms with van der Waals surface area (Å²) >= 11 is 1.70. The molecule has 0 bridgehead atoms. The van der Waals surface area contributed by atoms with Gasteiger partial charge in [0.2, 0.25) is 0 Å². The van der Waals surface area contributed by atoms with Gasteiger partial charge in [-0.3, -0.25) is 0 Å². The minimum Gasteiger partial charge on any atom is -0.392 e. The van der Waals surface area contributed by atoms with Crippen LogP contribution >= 0.6 is 11.8 Å². The van der Waals surface area contributed by atoms with Crippen molar-refractivity contribution in [2.45, 2.75) is 74.0 Å². The van der Waals surface area contributed by atoms with Crippen LogP contribution in [0.4, 0.5) is 0 Å². The van der Waals surface area contributed by atoms with Crippen molar-refractivity contribution in [3.8, 4) is 0 Å². The van der Waals surface area contributed by atoms with Gasteiger partial charge in [-0.05, 0) is 25.7 Å². The van der Waals surface area contributed by atoms with Crippen molar-refractivity contribution in [3.05, 3.63) is 5.82 Å². The zero-order valence-electron chi connectivity index (χ0n) is 11.2. The number of aliphatic hydroxyl groups is 1. The summed E-state index contributed by atoms with van der Waals surface area (Å²) in [5.74, 6) is 0.883. The van der Waals surface area contributed by atoms with Crippen LogP contribution in [0.15, 0.2) is 5.16 Å². The smallest absolute Gasteiger partial charge is 0.191 e. The van der Waals surface area contributed by atoms with Gasteiger partial charge in [0.15, 0.2) is 5.16 Å². The van der Waals surface area contributed by atoms with Crippen molar-refractivity contribution in [2.24, 2.45) is 5.73 Å². The highest BCUT2D eigenvalue weighted by Gasteiger charge is 2.31. The highest BCUT2D eigenvalue weighted by atomic mass is 32.2. The Balaban J connectivity index is 1.76. The second-order valence-electron chi connectivity index (χ2n) is 5.57. The van der Waals surface area contributed by atoms with Crippen molar-refractivity contribution >= 4 is 11.8 Å². The SMILES string of the molecule is NCc1nnc(SC2CCCCCC2O)n1C1CC1. The van der Waals surface area contributed by atoms with Crippen molar-refractivity contribution in [2.75, 3.05) is 0 Å². The number of aromatic nitrogens is 3. The molecule has 3 N–H and O–H groups in total. The fourth-order valence-electron chi connectivity index (χ4n) is 2.75. The second-order valence-corrected chi connectivity index (χ2v) is 6.77. The van der Waals surface area contributed by atoms with E-state index in [0.29, 0.717) is 12.6 Å². The number of aliphatic hydroxyl groups excluding tert-OH is 1. The van der Waals surface area contributed by atoms with Crippen LogP contribution < -0.4 is 5.73 Å². The Bertz CT molecular complexity index is 432. The Morgan fingerprint density at radius 2 is 1.95 bits per heavy atom. The van der Waals surface area contributed by atoms with Crippen LogP contribution in [-0.2, 0) is 6.54 Å². The summed E-state index contributed by atoms with van der Waals surface area (Å²) in [6.45, 7) is 0.442. The van der Waals surface area contributed by atoms with Gasteiger partial charge in [-0.2, -0.15) is 0 Å². The fraction of sp³-hybridized carbons (Fsp3) is 0.846. The molecule has 2 atom stereocenters. The van der Waals surface area contributed by atoms with Crippen LogP contribution in [0.25, 0.3) is 0 Å². The molecule has 0 aromatic carbocycles. The summed E-state index contributed by atoms with van der Waals surface area (Å²) in [7, 11) is 0. The predicted octanol–water partition coefficient (Wildman–Crippen LogP) is 1.86. The lowest BCUT2D eigenvalue weighted by atomic mass is 10.1. The van der Waals surface area contributed by atoms with E-state index in [0.717, 1.165) is 30.2 Å². The summed E-state index contributed by atoms with van der Waals surface area (Å²) in [5, 5.41) is 19.9. The fourth-order valence-corrected chi connectivity index (χ4v) is 4.06. The van der Waals surface area contributed by atoms with E-state index in [1.54, 1.807) is 11.8 Å². The monoisotopic (exact) mass is 282 g/mol. The van der Waals surface area contributed by atoms with E-state index in [1.807, 2.05) is 0 Å². The van der Waals surface area contributed by atoms with Gasteiger partial charge < -0.3 is 15.4 Å². The molecule has 1 aromatic rings. The van der Waals surface area contributed by atoms with Gasteiger partial charge in [0.05, 0.1) is 12.6 Å². The van der Waals surface area contributed by atoms with E-state index in [1.165, 1.54) is 25.7 Å². The van der Waals surface area contributed by atoms with Crippen molar-refractivity contribution in [1.29, 1.82) is 0 Å². The largest absolute Gasteiger partial charge is 0.392 e. The first-order valence-electron chi connectivity index (χ1n) is 7.28. The molecule has 2 saturated carbocycles. The summed E-state index contributed by atoms with van der Waals surface area (Å²) in [6.07, 6.45) is 7.76. The Hall–Kier alpha value is -0.590. The number of rotatable bonds is 4. The number of nitrogens with zero attached hydrogens (tertiary/aromatic N) is 3. The minimum atomic E-state index is -0.210. The maximum Gasteiger partial charge on any atom is 0.191 e. The molecule has 0 amide bonds. The predicted molar refractivity (Wildman–Crippen MR) is 74.9 cm³/mol. The van der Waals surface area contributed by atoms with E-state index in [9.17, 15) is 5.11 Å². The van der Waals surface area contributed by atoms with Gasteiger partial charge in [-0.25, -0.2) is 0 Å². The van der Waals surface area contributed by atoms with Gasteiger partial charge in [-0.15, -0.1) is 10.2 Å². The highest BCUT2D eigenvalue weighted by molar-refractivity contribution is 7.99. The van der Waals surface area contributed by atoms with Gasteiger partial charge in [0.25, 0.3) is 0 Å². The quantitative estimate of drug-likeness (QED) is 0.824. The standard InChI is InChI=1S/C13H22N4OS/c14-8-12-15-16-13(17(12)9-6-7-9)19-11-5-3-1-2-4-10(11)18/h9-11,18H,1-8,14H2. The molecule has 6 heteroatoms. The zero-order valence-corrected chi connectivity index (χ0v) is 12.0. The third-order valence-corrected chi connectivity index (χ3v) is 5.35. The van der Waals surface area contributed by atoms with E-state index >= 15 is 0 Å². The second kappa shape index (κ2) is 5.81. The molecule has 2 aliphatic rings. The molecule has 2 aliphatic carbocycles. The first-order chi connectivity index (χ1) is 9.29. The summed E-state index contributed by atoms with van der Waals surface area (Å²) < 4.78 is 2.20. The Morgan fingerprint density at radius 3 is 2.68 bits per heavy atom. The lowest BCUT2D eigenvalue weighted by molar-refractivity contribution is 0.163. The third-order valence-electron chi connectivity index (χ3n) is 4.00. The number of nitrogens with two attached hydrogens (primary N) is 1. The van der Waals surface area contributed by atoms with E-state index in [-0.39, 0.29) is 11.4 Å². The Morgan fingerprint density at radius 1 is 1.16 bits per heavy atom. The lowest BCUT2D eigenvalue weighted by Crippen LogP contribution is -2.22. The van der Waals surface area contributed by atoms with Gasteiger partial charge in [0, 0.05) is 11.3 Å². The molecule has 5 nitrogen and oxygen atoms in total. The number of thioether (sulfide) groups is 1. The summed E-state index contributed by atoms with van der Waals surface area (Å²) in [6, 6.07) is 0.541. The molecule has 0 spiro atoms. The van der Waals surface area contributed by atoms with E-state index in [2.05, 4.69) is 14.8 Å². The van der Waals surface area contributed by atoms with Crippen LogP contribution in [0.3, 0.4) is 0 Å². The molecule has 3 rings (SSSR count). The molecule has 19 heavy (non-hydrogen) atoms. The van der Waals surface area contributed by atoms with E-state index < -0.39 is 0 Å². The molecule has 2 fully saturated rings. The van der Waals surface area contributed by atoms with E-state index in [4.69, 9.17) is 5.73 Å². The van der Waals surface area contributed by atoms with Crippen molar-refractivity contribution in [3.63, 3.8) is 0 Å². The molecule has 0 aliphatic heterocycles. The molecule has 2 unspecified atom stereocenters. The molecule has 0 radical (unpaired) electrons. The number of hydrogen-bond acceptors (Lipinski definition) is 5. The minimum absolute atomic E-state index is 0.210. The number of hydrogen-bond donors (Lipinski definition) is 2. The molecule has 0 saturated heterocycles. The zero-order chi connectivity index (χ0) is 13.2. The Labute approximate surface area is 118 Å². The molecule has 1 heterocycles. The highest BCUT2D eigenvalue weighted by Crippen LogP contribution is 2.41. The molecular formula is C13H22N4OS. The Kier molecular flexibility index (Phi) is 4.10. The van der Waals surface area contributed by atoms with Gasteiger partial charge >= 0.3 is 0 Å². The maximum atomic E-state index is 10.2. The molecule has 1 aromatic heterocycles. The van der Waals surface area contributed by atoms with Gasteiger partial charge in [0.1, 0.15) is 5.82 Å². The van der Waals surface area contributed by atoms with Crippen LogP contribution in [0.2, 0.25) is 0 Å². The average molecular weight is 282 g/mol. The average Bonchev–Trinajstić information content (AvgIpc) is 3.19. The summed E-state index contributed by atoms with van der Waals surface area (Å²) in [4.78, 5) is 0. The third kappa shape index (κ3) is 2.95. The van der Waals surface area contributed by atoms with Crippen LogP contribution in [0.5, 0.6) is 0 Å². The van der Waals surface area contributed by atoms with Crippen molar-refractivity contribution < 1.29 is 5.11 Å². The first-order valence-corrected chi connectivity index (χ1v) is 8.16. The lowest BCUT2D eigenvalue weighted by Gasteiger charge is -2.19. The van der Waals surface area contributed by atoms with Crippen LogP contribution in [-0.4, -0.2) is 31.2 Å². The van der Waals surface area contributed by atoms with Crippen molar-refractivity contribution in [1.82, 2.24) is 14.8 Å². The molecule has 106 valence electrons. The topological polar surface area (TPSA) is 77.0 Å². The van der Waals surface area contributed by atoms with Crippen LogP contribution in [0.1, 0.15) is 56.8 Å². The normalized spacial score (nSPS) is 28.3. The summed E-state index contributed by atoms with van der Waals surface area (Å²) in [5.41, 5.74) is 5.73. The molecular weight excluding hydrogens is 260 g/mol. The first kappa shape index (κ1) is 13.4.